The van der Waals surface area contributed by atoms with Gasteiger partial charge in [-0.3, -0.25) is 0 Å². The zero-order chi connectivity index (χ0) is 41.4. The normalized spacial score (nSPS) is 18.9. The van der Waals surface area contributed by atoms with Crippen LogP contribution in [0.4, 0.5) is 5.69 Å². The summed E-state index contributed by atoms with van der Waals surface area (Å²) in [5, 5.41) is 2.21. The number of morpholine rings is 1. The highest BCUT2D eigenvalue weighted by Crippen LogP contribution is 2.67. The van der Waals surface area contributed by atoms with Gasteiger partial charge in [-0.05, 0) is 118 Å². The summed E-state index contributed by atoms with van der Waals surface area (Å²) in [5.74, 6) is 3.32. The van der Waals surface area contributed by atoms with Crippen molar-refractivity contribution < 1.29 is 23.7 Å². The van der Waals surface area contributed by atoms with Crippen molar-refractivity contribution in [2.45, 2.75) is 58.0 Å². The SMILES string of the molecule is COc1ccc(C2(c3ccc(OC)cc3)C=Cc3c4c(c5cc(OC)c(-c6ccc(N7CCOCC7)cc6)cc5c3O2)-c2ccccc2C42CC(C)(C)CC(C)(C)C2)cc1. The third-order valence-corrected chi connectivity index (χ3v) is 13.7. The van der Waals surface area contributed by atoms with Crippen LogP contribution >= 0.6 is 0 Å². The van der Waals surface area contributed by atoms with Crippen LogP contribution in [0.25, 0.3) is 39.1 Å². The highest BCUT2D eigenvalue weighted by atomic mass is 16.5. The minimum absolute atomic E-state index is 0.114. The molecule has 60 heavy (non-hydrogen) atoms. The highest BCUT2D eigenvalue weighted by molar-refractivity contribution is 6.10. The van der Waals surface area contributed by atoms with Crippen molar-refractivity contribution in [3.63, 3.8) is 0 Å². The zero-order valence-electron chi connectivity index (χ0n) is 36.0. The third-order valence-electron chi connectivity index (χ3n) is 13.7. The average molecular weight is 798 g/mol. The van der Waals surface area contributed by atoms with Crippen LogP contribution in [0.15, 0.2) is 115 Å². The summed E-state index contributed by atoms with van der Waals surface area (Å²) in [6.45, 7) is 13.1. The maximum absolute atomic E-state index is 7.85. The van der Waals surface area contributed by atoms with E-state index in [1.165, 1.54) is 39.9 Å². The van der Waals surface area contributed by atoms with E-state index in [9.17, 15) is 0 Å². The summed E-state index contributed by atoms with van der Waals surface area (Å²) in [4.78, 5) is 2.39. The fourth-order valence-corrected chi connectivity index (χ4v) is 11.9. The molecule has 0 amide bonds. The number of ether oxygens (including phenoxy) is 5. The Labute approximate surface area is 354 Å². The summed E-state index contributed by atoms with van der Waals surface area (Å²) in [6.07, 6.45) is 7.93. The van der Waals surface area contributed by atoms with Crippen LogP contribution in [-0.2, 0) is 15.8 Å². The molecule has 6 heteroatoms. The predicted octanol–water partition coefficient (Wildman–Crippen LogP) is 12.2. The van der Waals surface area contributed by atoms with Crippen LogP contribution in [0.5, 0.6) is 23.0 Å². The van der Waals surface area contributed by atoms with E-state index in [1.807, 2.05) is 24.3 Å². The Balaban J connectivity index is 1.27. The van der Waals surface area contributed by atoms with E-state index in [2.05, 4.69) is 130 Å². The van der Waals surface area contributed by atoms with Gasteiger partial charge < -0.3 is 28.6 Å². The molecule has 0 unspecified atom stereocenters. The lowest BCUT2D eigenvalue weighted by Crippen LogP contribution is -2.44. The first kappa shape index (κ1) is 38.5. The second-order valence-electron chi connectivity index (χ2n) is 18.9. The van der Waals surface area contributed by atoms with Gasteiger partial charge in [-0.1, -0.05) is 94.4 Å². The van der Waals surface area contributed by atoms with Crippen LogP contribution < -0.4 is 23.8 Å². The van der Waals surface area contributed by atoms with Gasteiger partial charge in [-0.15, -0.1) is 0 Å². The Bertz CT molecular complexity index is 2570. The average Bonchev–Trinajstić information content (AvgIpc) is 3.53. The maximum Gasteiger partial charge on any atom is 0.178 e. The fraction of sp³-hybridized carbons (Fsp3) is 0.333. The molecule has 1 saturated heterocycles. The molecule has 0 atom stereocenters. The van der Waals surface area contributed by atoms with Crippen LogP contribution in [-0.4, -0.2) is 47.6 Å². The van der Waals surface area contributed by atoms with E-state index in [0.717, 1.165) is 95.2 Å². The summed E-state index contributed by atoms with van der Waals surface area (Å²) in [5.41, 5.74) is 11.0. The van der Waals surface area contributed by atoms with Crippen molar-refractivity contribution >= 4 is 22.5 Å². The van der Waals surface area contributed by atoms with Gasteiger partial charge in [0, 0.05) is 51.8 Å². The van der Waals surface area contributed by atoms with Gasteiger partial charge in [0.1, 0.15) is 23.0 Å². The number of hydrogen-bond donors (Lipinski definition) is 0. The molecule has 4 aliphatic rings. The van der Waals surface area contributed by atoms with Crippen LogP contribution in [0.3, 0.4) is 0 Å². The molecule has 0 aromatic heterocycles. The number of fused-ring (bicyclic) bond motifs is 10. The van der Waals surface area contributed by atoms with Gasteiger partial charge in [0.05, 0.1) is 34.5 Å². The predicted molar refractivity (Wildman–Crippen MR) is 243 cm³/mol. The van der Waals surface area contributed by atoms with E-state index in [-0.39, 0.29) is 16.2 Å². The van der Waals surface area contributed by atoms with Crippen molar-refractivity contribution in [2.24, 2.45) is 10.8 Å². The number of methoxy groups -OCH3 is 3. The molecule has 306 valence electrons. The fourth-order valence-electron chi connectivity index (χ4n) is 11.9. The lowest BCUT2D eigenvalue weighted by Gasteiger charge is -2.52. The Hall–Kier alpha value is -5.72. The lowest BCUT2D eigenvalue weighted by molar-refractivity contribution is 0.0642. The smallest absolute Gasteiger partial charge is 0.178 e. The largest absolute Gasteiger partial charge is 0.497 e. The Morgan fingerprint density at radius 1 is 0.617 bits per heavy atom. The first-order chi connectivity index (χ1) is 29.0. The van der Waals surface area contributed by atoms with Crippen LogP contribution in [0, 0.1) is 10.8 Å². The highest BCUT2D eigenvalue weighted by Gasteiger charge is 2.55. The third kappa shape index (κ3) is 6.09. The summed E-state index contributed by atoms with van der Waals surface area (Å²) >= 11 is 0. The second kappa shape index (κ2) is 14.2. The van der Waals surface area contributed by atoms with Crippen LogP contribution in [0.2, 0.25) is 0 Å². The van der Waals surface area contributed by atoms with E-state index >= 15 is 0 Å². The van der Waals surface area contributed by atoms with E-state index in [4.69, 9.17) is 23.7 Å². The topological polar surface area (TPSA) is 49.4 Å². The second-order valence-corrected chi connectivity index (χ2v) is 18.9. The maximum atomic E-state index is 7.85. The molecule has 0 radical (unpaired) electrons. The van der Waals surface area contributed by atoms with Crippen molar-refractivity contribution in [1.82, 2.24) is 0 Å². The van der Waals surface area contributed by atoms with Gasteiger partial charge in [0.25, 0.3) is 0 Å². The van der Waals surface area contributed by atoms with Crippen molar-refractivity contribution in [2.75, 3.05) is 52.5 Å². The van der Waals surface area contributed by atoms with E-state index in [1.54, 1.807) is 21.3 Å². The summed E-state index contributed by atoms with van der Waals surface area (Å²) < 4.78 is 31.1. The minimum atomic E-state index is -0.948. The molecular formula is C54H55NO5. The molecule has 2 heterocycles. The van der Waals surface area contributed by atoms with Crippen LogP contribution in [0.1, 0.15) is 74.8 Å². The Morgan fingerprint density at radius 3 is 1.83 bits per heavy atom. The molecular weight excluding hydrogens is 743 g/mol. The first-order valence-corrected chi connectivity index (χ1v) is 21.4. The molecule has 10 rings (SSSR count). The van der Waals surface area contributed by atoms with Crippen molar-refractivity contribution in [3.8, 4) is 45.3 Å². The number of rotatable bonds is 7. The standard InChI is InChI=1S/C54H55NO5/c1-51(2)32-52(3,4)34-53(33-51)46-11-9-8-10-41(46)48-44-31-47(58-7)43(35-12-18-38(19-13-35)55-26-28-59-29-27-55)30-45(44)50-42(49(48)53)24-25-54(60-50,36-14-20-39(56-5)21-15-36)37-16-22-40(57-6)23-17-37/h8-25,30-31H,26-29,32-34H2,1-7H3. The first-order valence-electron chi connectivity index (χ1n) is 21.4. The van der Waals surface area contributed by atoms with E-state index in [0.29, 0.717) is 0 Å². The van der Waals surface area contributed by atoms with Gasteiger partial charge >= 0.3 is 0 Å². The molecule has 6 aromatic carbocycles. The molecule has 0 bridgehead atoms. The van der Waals surface area contributed by atoms with Gasteiger partial charge in [0.15, 0.2) is 5.60 Å². The van der Waals surface area contributed by atoms with Gasteiger partial charge in [-0.25, -0.2) is 0 Å². The summed E-state index contributed by atoms with van der Waals surface area (Å²) in [6, 6.07) is 39.3. The molecule has 1 saturated carbocycles. The van der Waals surface area contributed by atoms with Gasteiger partial charge in [0.2, 0.25) is 0 Å². The lowest BCUT2D eigenvalue weighted by atomic mass is 9.52. The Kier molecular flexibility index (Phi) is 9.10. The minimum Gasteiger partial charge on any atom is -0.497 e. The quantitative estimate of drug-likeness (QED) is 0.160. The number of nitrogens with zero attached hydrogens (tertiary/aromatic N) is 1. The molecule has 6 nitrogen and oxygen atoms in total. The monoisotopic (exact) mass is 797 g/mol. The number of hydrogen-bond acceptors (Lipinski definition) is 6. The van der Waals surface area contributed by atoms with Gasteiger partial charge in [-0.2, -0.15) is 0 Å². The van der Waals surface area contributed by atoms with Crippen molar-refractivity contribution in [3.05, 3.63) is 143 Å². The number of anilines is 1. The van der Waals surface area contributed by atoms with E-state index < -0.39 is 5.60 Å². The zero-order valence-corrected chi connectivity index (χ0v) is 36.0. The van der Waals surface area contributed by atoms with Crippen molar-refractivity contribution in [1.29, 1.82) is 0 Å². The molecule has 2 fully saturated rings. The Morgan fingerprint density at radius 2 is 1.23 bits per heavy atom. The molecule has 2 aliphatic heterocycles. The molecule has 0 N–H and O–H groups in total. The summed E-state index contributed by atoms with van der Waals surface area (Å²) in [7, 11) is 5.21. The number of benzene rings is 6. The molecule has 2 aliphatic carbocycles. The molecule has 1 spiro atoms. The molecule has 6 aromatic rings.